The van der Waals surface area contributed by atoms with Crippen LogP contribution in [0.1, 0.15) is 6.92 Å². The summed E-state index contributed by atoms with van der Waals surface area (Å²) in [6, 6.07) is 0. The molecule has 0 N–H and O–H groups in total. The van der Waals surface area contributed by atoms with Crippen molar-refractivity contribution < 1.29 is 26.3 Å². The lowest BCUT2D eigenvalue weighted by Gasteiger charge is -2.30. The first kappa shape index (κ1) is 13.7. The molecule has 0 bridgehead atoms. The van der Waals surface area contributed by atoms with E-state index in [0.29, 0.717) is 4.90 Å². The number of alkyl halides is 6. The average Bonchev–Trinajstić information content (AvgIpc) is 2.06. The fourth-order valence-electron chi connectivity index (χ4n) is 1.41. The molecule has 0 aliphatic carbocycles. The van der Waals surface area contributed by atoms with Crippen molar-refractivity contribution in [1.29, 1.82) is 0 Å². The quantitative estimate of drug-likeness (QED) is 0.646. The molecule has 0 aromatic carbocycles. The second kappa shape index (κ2) is 4.12. The monoisotopic (exact) mass is 257 g/mol. The van der Waals surface area contributed by atoms with Crippen molar-refractivity contribution in [3.63, 3.8) is 0 Å². The predicted octanol–water partition coefficient (Wildman–Crippen LogP) is 3.77. The number of rotatable bonds is 1. The van der Waals surface area contributed by atoms with Gasteiger partial charge in [-0.05, 0) is 18.6 Å². The van der Waals surface area contributed by atoms with Gasteiger partial charge in [-0.15, -0.1) is 0 Å². The molecule has 0 unspecified atom stereocenters. The van der Waals surface area contributed by atoms with Crippen molar-refractivity contribution in [1.82, 2.24) is 4.90 Å². The number of halogens is 6. The summed E-state index contributed by atoms with van der Waals surface area (Å²) in [6.07, 6.45) is -7.54. The third kappa shape index (κ3) is 3.54. The average molecular weight is 257 g/mol. The predicted molar refractivity (Wildman–Crippen MR) is 49.8 cm³/mol. The van der Waals surface area contributed by atoms with Gasteiger partial charge in [0, 0.05) is 11.9 Å². The molecule has 0 aromatic heterocycles. The molecule has 1 aliphatic heterocycles. The Balaban J connectivity index is 3.02. The molecule has 0 fully saturated rings. The van der Waals surface area contributed by atoms with Gasteiger partial charge in [-0.1, -0.05) is 6.58 Å². The number of hydrogen-bond donors (Lipinski definition) is 0. The molecule has 0 radical (unpaired) electrons. The molecule has 1 heterocycles. The molecule has 1 nitrogen and oxygen atoms in total. The number of hydrogen-bond acceptors (Lipinski definition) is 1. The molecular formula is C10H9F6N. The second-order valence-electron chi connectivity index (χ2n) is 3.62. The normalized spacial score (nSPS) is 18.1. The molecule has 0 saturated carbocycles. The Bertz CT molecular complexity index is 385. The maximum Gasteiger partial charge on any atom is 0.418 e. The van der Waals surface area contributed by atoms with Gasteiger partial charge in [-0.3, -0.25) is 0 Å². The molecule has 1 aliphatic rings. The zero-order chi connectivity index (χ0) is 13.4. The lowest BCUT2D eigenvalue weighted by molar-refractivity contribution is -0.139. The van der Waals surface area contributed by atoms with Crippen LogP contribution < -0.4 is 0 Å². The Kier molecular flexibility index (Phi) is 3.31. The molecule has 7 heteroatoms. The molecule has 0 spiro atoms. The summed E-state index contributed by atoms with van der Waals surface area (Å²) in [5, 5.41) is 0. The molecule has 96 valence electrons. The Labute approximate surface area is 93.7 Å². The summed E-state index contributed by atoms with van der Waals surface area (Å²) >= 11 is 0. The standard InChI is InChI=1S/C10H9F6N/c1-6-3-8(10(14,15)16)7(2)17(4-6)5-9(11,12)13/h3-4H,2,5H2,1H3. The fourth-order valence-corrected chi connectivity index (χ4v) is 1.41. The van der Waals surface area contributed by atoms with Crippen molar-refractivity contribution in [2.45, 2.75) is 19.3 Å². The first-order chi connectivity index (χ1) is 7.50. The van der Waals surface area contributed by atoms with Crippen LogP contribution in [0.2, 0.25) is 0 Å². The van der Waals surface area contributed by atoms with Crippen molar-refractivity contribution >= 4 is 0 Å². The highest BCUT2D eigenvalue weighted by atomic mass is 19.4. The van der Waals surface area contributed by atoms with Crippen LogP contribution in [0, 0.1) is 0 Å². The Morgan fingerprint density at radius 3 is 2.12 bits per heavy atom. The van der Waals surface area contributed by atoms with Crippen LogP contribution in [0.4, 0.5) is 26.3 Å². The molecule has 0 atom stereocenters. The summed E-state index contributed by atoms with van der Waals surface area (Å²) in [6.45, 7) is 2.86. The van der Waals surface area contributed by atoms with E-state index in [9.17, 15) is 26.3 Å². The molecule has 1 rings (SSSR count). The maximum absolute atomic E-state index is 12.5. The SMILES string of the molecule is C=C1C(C(F)(F)F)=CC(C)=CN1CC(F)(F)F. The zero-order valence-electron chi connectivity index (χ0n) is 8.78. The first-order valence-electron chi connectivity index (χ1n) is 4.51. The van der Waals surface area contributed by atoms with Crippen LogP contribution in [0.25, 0.3) is 0 Å². The topological polar surface area (TPSA) is 3.24 Å². The van der Waals surface area contributed by atoms with E-state index < -0.39 is 30.2 Å². The molecular weight excluding hydrogens is 248 g/mol. The van der Waals surface area contributed by atoms with Crippen molar-refractivity contribution in [3.05, 3.63) is 35.7 Å². The van der Waals surface area contributed by atoms with E-state index in [4.69, 9.17) is 0 Å². The largest absolute Gasteiger partial charge is 0.418 e. The van der Waals surface area contributed by atoms with Crippen molar-refractivity contribution in [2.24, 2.45) is 0 Å². The highest BCUT2D eigenvalue weighted by Crippen LogP contribution is 2.36. The highest BCUT2D eigenvalue weighted by molar-refractivity contribution is 5.42. The van der Waals surface area contributed by atoms with Gasteiger partial charge in [-0.2, -0.15) is 26.3 Å². The van der Waals surface area contributed by atoms with Crippen LogP contribution >= 0.6 is 0 Å². The van der Waals surface area contributed by atoms with Gasteiger partial charge >= 0.3 is 12.4 Å². The van der Waals surface area contributed by atoms with E-state index in [0.717, 1.165) is 12.3 Å². The van der Waals surface area contributed by atoms with Gasteiger partial charge < -0.3 is 4.90 Å². The third-order valence-corrected chi connectivity index (χ3v) is 2.04. The molecule has 0 saturated heterocycles. The molecule has 17 heavy (non-hydrogen) atoms. The van der Waals surface area contributed by atoms with E-state index in [-0.39, 0.29) is 5.57 Å². The van der Waals surface area contributed by atoms with E-state index >= 15 is 0 Å². The lowest BCUT2D eigenvalue weighted by atomic mass is 10.1. The summed E-state index contributed by atoms with van der Waals surface area (Å²) < 4.78 is 74.0. The van der Waals surface area contributed by atoms with Crippen LogP contribution in [0.3, 0.4) is 0 Å². The third-order valence-electron chi connectivity index (χ3n) is 2.04. The van der Waals surface area contributed by atoms with Crippen molar-refractivity contribution in [2.75, 3.05) is 6.54 Å². The van der Waals surface area contributed by atoms with Gasteiger partial charge in [0.25, 0.3) is 0 Å². The zero-order valence-corrected chi connectivity index (χ0v) is 8.78. The lowest BCUT2D eigenvalue weighted by Crippen LogP contribution is -2.34. The Morgan fingerprint density at radius 1 is 1.18 bits per heavy atom. The van der Waals surface area contributed by atoms with Gasteiger partial charge in [0.15, 0.2) is 0 Å². The van der Waals surface area contributed by atoms with Crippen molar-refractivity contribution in [3.8, 4) is 0 Å². The minimum absolute atomic E-state index is 0.0916. The Hall–Kier alpha value is -1.40. The highest BCUT2D eigenvalue weighted by Gasteiger charge is 2.40. The number of nitrogens with zero attached hydrogens (tertiary/aromatic N) is 1. The van der Waals surface area contributed by atoms with E-state index in [2.05, 4.69) is 6.58 Å². The van der Waals surface area contributed by atoms with E-state index in [1.165, 1.54) is 6.92 Å². The van der Waals surface area contributed by atoms with Gasteiger partial charge in [-0.25, -0.2) is 0 Å². The van der Waals surface area contributed by atoms with Crippen LogP contribution in [0.15, 0.2) is 35.7 Å². The molecule has 0 aromatic rings. The minimum atomic E-state index is -4.71. The van der Waals surface area contributed by atoms with Crippen LogP contribution in [-0.2, 0) is 0 Å². The molecule has 0 amide bonds. The summed E-state index contributed by atoms with van der Waals surface area (Å²) in [5.74, 6) is 0. The Morgan fingerprint density at radius 2 is 1.71 bits per heavy atom. The number of allylic oxidation sites excluding steroid dienone is 3. The van der Waals surface area contributed by atoms with Gasteiger partial charge in [0.2, 0.25) is 0 Å². The van der Waals surface area contributed by atoms with Gasteiger partial charge in [0.05, 0.1) is 5.57 Å². The van der Waals surface area contributed by atoms with E-state index in [1.54, 1.807) is 0 Å². The maximum atomic E-state index is 12.5. The first-order valence-corrected chi connectivity index (χ1v) is 4.51. The van der Waals surface area contributed by atoms with Crippen LogP contribution in [-0.4, -0.2) is 23.8 Å². The van der Waals surface area contributed by atoms with Crippen LogP contribution in [0.5, 0.6) is 0 Å². The van der Waals surface area contributed by atoms with E-state index in [1.807, 2.05) is 0 Å². The smallest absolute Gasteiger partial charge is 0.339 e. The summed E-state index contributed by atoms with van der Waals surface area (Å²) in [4.78, 5) is 0.457. The fraction of sp³-hybridized carbons (Fsp3) is 0.400. The second-order valence-corrected chi connectivity index (χ2v) is 3.62. The summed E-state index contributed by atoms with van der Waals surface area (Å²) in [7, 11) is 0. The van der Waals surface area contributed by atoms with Gasteiger partial charge in [0.1, 0.15) is 6.54 Å². The summed E-state index contributed by atoms with van der Waals surface area (Å²) in [5.41, 5.74) is -1.75. The minimum Gasteiger partial charge on any atom is -0.339 e.